The van der Waals surface area contributed by atoms with Crippen LogP contribution in [0.25, 0.3) is 0 Å². The molecule has 0 aliphatic rings. The van der Waals surface area contributed by atoms with E-state index in [9.17, 15) is 9.50 Å². The number of aliphatic hydroxyl groups excluding tert-OH is 1. The molecule has 0 fully saturated rings. The molecule has 18 heavy (non-hydrogen) atoms. The summed E-state index contributed by atoms with van der Waals surface area (Å²) in [6.07, 6.45) is 0.820. The maximum atomic E-state index is 13.0. The summed E-state index contributed by atoms with van der Waals surface area (Å²) in [5.41, 5.74) is 1.32. The second-order valence-electron chi connectivity index (χ2n) is 4.36. The number of hydrogen-bond donors (Lipinski definition) is 1. The molecule has 0 saturated carbocycles. The summed E-state index contributed by atoms with van der Waals surface area (Å²) in [5.74, 6) is -0.338. The Morgan fingerprint density at radius 1 is 1.33 bits per heavy atom. The standard InChI is InChI=1S/C13H14BrFN2O/c1-8(2)17-12(5-6-16-17)13(18)10-4-3-9(15)7-11(10)14/h3-8,13,18H,1-2H3. The first-order valence-corrected chi connectivity index (χ1v) is 6.46. The fourth-order valence-electron chi connectivity index (χ4n) is 1.86. The van der Waals surface area contributed by atoms with Gasteiger partial charge in [-0.1, -0.05) is 22.0 Å². The van der Waals surface area contributed by atoms with E-state index < -0.39 is 6.10 Å². The van der Waals surface area contributed by atoms with E-state index in [1.54, 1.807) is 23.0 Å². The van der Waals surface area contributed by atoms with E-state index in [2.05, 4.69) is 21.0 Å². The molecular weight excluding hydrogens is 299 g/mol. The van der Waals surface area contributed by atoms with Gasteiger partial charge in [0.05, 0.1) is 5.69 Å². The molecule has 96 valence electrons. The zero-order valence-electron chi connectivity index (χ0n) is 10.1. The highest BCUT2D eigenvalue weighted by Gasteiger charge is 2.19. The number of benzene rings is 1. The van der Waals surface area contributed by atoms with E-state index in [-0.39, 0.29) is 11.9 Å². The molecule has 1 N–H and O–H groups in total. The van der Waals surface area contributed by atoms with E-state index in [0.717, 1.165) is 0 Å². The van der Waals surface area contributed by atoms with Crippen LogP contribution < -0.4 is 0 Å². The van der Waals surface area contributed by atoms with Crippen molar-refractivity contribution in [3.05, 3.63) is 52.0 Å². The minimum Gasteiger partial charge on any atom is -0.382 e. The van der Waals surface area contributed by atoms with Gasteiger partial charge < -0.3 is 5.11 Å². The molecule has 0 aliphatic carbocycles. The van der Waals surface area contributed by atoms with Gasteiger partial charge in [-0.15, -0.1) is 0 Å². The molecule has 3 nitrogen and oxygen atoms in total. The van der Waals surface area contributed by atoms with Gasteiger partial charge in [-0.2, -0.15) is 5.10 Å². The van der Waals surface area contributed by atoms with Crippen LogP contribution >= 0.6 is 15.9 Å². The largest absolute Gasteiger partial charge is 0.382 e. The second kappa shape index (κ2) is 5.20. The Labute approximate surface area is 113 Å². The van der Waals surface area contributed by atoms with Crippen LogP contribution in [0.1, 0.15) is 37.3 Å². The highest BCUT2D eigenvalue weighted by molar-refractivity contribution is 9.10. The Kier molecular flexibility index (Phi) is 3.82. The summed E-state index contributed by atoms with van der Waals surface area (Å²) >= 11 is 3.27. The Morgan fingerprint density at radius 2 is 2.06 bits per heavy atom. The van der Waals surface area contributed by atoms with Gasteiger partial charge in [0.1, 0.15) is 11.9 Å². The number of nitrogens with zero attached hydrogens (tertiary/aromatic N) is 2. The van der Waals surface area contributed by atoms with Crippen molar-refractivity contribution >= 4 is 15.9 Å². The fourth-order valence-corrected chi connectivity index (χ4v) is 2.42. The second-order valence-corrected chi connectivity index (χ2v) is 5.22. The lowest BCUT2D eigenvalue weighted by Gasteiger charge is -2.17. The Hall–Kier alpha value is -1.20. The van der Waals surface area contributed by atoms with Crippen molar-refractivity contribution in [1.29, 1.82) is 0 Å². The first-order chi connectivity index (χ1) is 8.50. The molecular formula is C13H14BrFN2O. The third kappa shape index (κ3) is 2.47. The van der Waals surface area contributed by atoms with E-state index in [1.165, 1.54) is 12.1 Å². The average molecular weight is 313 g/mol. The highest BCUT2D eigenvalue weighted by Crippen LogP contribution is 2.29. The number of aliphatic hydroxyl groups is 1. The third-order valence-electron chi connectivity index (χ3n) is 2.73. The lowest BCUT2D eigenvalue weighted by molar-refractivity contribution is 0.204. The van der Waals surface area contributed by atoms with Gasteiger partial charge in [0.2, 0.25) is 0 Å². The molecule has 1 atom stereocenters. The van der Waals surface area contributed by atoms with Crippen LogP contribution in [-0.2, 0) is 0 Å². The summed E-state index contributed by atoms with van der Waals surface area (Å²) in [7, 11) is 0. The van der Waals surface area contributed by atoms with Crippen molar-refractivity contribution in [3.8, 4) is 0 Å². The quantitative estimate of drug-likeness (QED) is 0.942. The number of hydrogen-bond acceptors (Lipinski definition) is 2. The topological polar surface area (TPSA) is 38.0 Å². The smallest absolute Gasteiger partial charge is 0.124 e. The van der Waals surface area contributed by atoms with Crippen molar-refractivity contribution in [2.24, 2.45) is 0 Å². The molecule has 2 aromatic rings. The molecule has 1 unspecified atom stereocenters. The summed E-state index contributed by atoms with van der Waals surface area (Å²) in [6.45, 7) is 3.98. The minimum absolute atomic E-state index is 0.156. The molecule has 2 rings (SSSR count). The summed E-state index contributed by atoms with van der Waals surface area (Å²) in [6, 6.07) is 6.17. The van der Waals surface area contributed by atoms with E-state index in [4.69, 9.17) is 0 Å². The van der Waals surface area contributed by atoms with Crippen LogP contribution in [0.4, 0.5) is 4.39 Å². The lowest BCUT2D eigenvalue weighted by Crippen LogP contribution is -2.12. The van der Waals surface area contributed by atoms with Crippen LogP contribution in [0.5, 0.6) is 0 Å². The maximum Gasteiger partial charge on any atom is 0.124 e. The van der Waals surface area contributed by atoms with Gasteiger partial charge in [0, 0.05) is 22.3 Å². The van der Waals surface area contributed by atoms with Gasteiger partial charge in [-0.3, -0.25) is 4.68 Å². The van der Waals surface area contributed by atoms with Crippen molar-refractivity contribution in [3.63, 3.8) is 0 Å². The number of halogens is 2. The van der Waals surface area contributed by atoms with Crippen molar-refractivity contribution < 1.29 is 9.50 Å². The fraction of sp³-hybridized carbons (Fsp3) is 0.308. The molecule has 0 spiro atoms. The van der Waals surface area contributed by atoms with E-state index in [0.29, 0.717) is 15.7 Å². The van der Waals surface area contributed by atoms with Crippen molar-refractivity contribution in [1.82, 2.24) is 9.78 Å². The zero-order valence-corrected chi connectivity index (χ0v) is 11.7. The molecule has 0 amide bonds. The van der Waals surface area contributed by atoms with Crippen LogP contribution in [-0.4, -0.2) is 14.9 Å². The first kappa shape index (κ1) is 13.2. The Morgan fingerprint density at radius 3 is 2.67 bits per heavy atom. The van der Waals surface area contributed by atoms with Crippen LogP contribution in [0.3, 0.4) is 0 Å². The molecule has 0 saturated heterocycles. The molecule has 0 bridgehead atoms. The highest BCUT2D eigenvalue weighted by atomic mass is 79.9. The molecule has 0 radical (unpaired) electrons. The predicted octanol–water partition coefficient (Wildman–Crippen LogP) is 3.45. The van der Waals surface area contributed by atoms with E-state index in [1.807, 2.05) is 13.8 Å². The van der Waals surface area contributed by atoms with Crippen molar-refractivity contribution in [2.75, 3.05) is 0 Å². The van der Waals surface area contributed by atoms with Gasteiger partial charge in [-0.05, 0) is 32.0 Å². The van der Waals surface area contributed by atoms with Crippen molar-refractivity contribution in [2.45, 2.75) is 26.0 Å². The van der Waals surface area contributed by atoms with E-state index >= 15 is 0 Å². The lowest BCUT2D eigenvalue weighted by atomic mass is 10.1. The SMILES string of the molecule is CC(C)n1nccc1C(O)c1ccc(F)cc1Br. The Balaban J connectivity index is 2.41. The molecule has 1 heterocycles. The van der Waals surface area contributed by atoms with Gasteiger partial charge in [-0.25, -0.2) is 4.39 Å². The molecule has 0 aliphatic heterocycles. The van der Waals surface area contributed by atoms with Gasteiger partial charge >= 0.3 is 0 Å². The average Bonchev–Trinajstić information content (AvgIpc) is 2.77. The van der Waals surface area contributed by atoms with Crippen LogP contribution in [0.15, 0.2) is 34.9 Å². The zero-order chi connectivity index (χ0) is 13.3. The number of rotatable bonds is 3. The molecule has 5 heteroatoms. The normalized spacial score (nSPS) is 13.0. The third-order valence-corrected chi connectivity index (χ3v) is 3.41. The molecule has 1 aromatic heterocycles. The Bertz CT molecular complexity index is 554. The van der Waals surface area contributed by atoms with Gasteiger partial charge in [0.25, 0.3) is 0 Å². The summed E-state index contributed by atoms with van der Waals surface area (Å²) in [5, 5.41) is 14.5. The van der Waals surface area contributed by atoms with Crippen LogP contribution in [0, 0.1) is 5.82 Å². The maximum absolute atomic E-state index is 13.0. The summed E-state index contributed by atoms with van der Waals surface area (Å²) < 4.78 is 15.3. The summed E-state index contributed by atoms with van der Waals surface area (Å²) in [4.78, 5) is 0. The molecule has 1 aromatic carbocycles. The van der Waals surface area contributed by atoms with Crippen LogP contribution in [0.2, 0.25) is 0 Å². The first-order valence-electron chi connectivity index (χ1n) is 5.67. The monoisotopic (exact) mass is 312 g/mol. The van der Waals surface area contributed by atoms with Gasteiger partial charge in [0.15, 0.2) is 0 Å². The minimum atomic E-state index is -0.829. The predicted molar refractivity (Wildman–Crippen MR) is 70.8 cm³/mol. The number of aromatic nitrogens is 2.